The molecule has 0 unspecified atom stereocenters. The van der Waals surface area contributed by atoms with Gasteiger partial charge in [-0.25, -0.2) is 14.8 Å². The molecular weight excluding hydrogens is 354 g/mol. The first kappa shape index (κ1) is 17.4. The van der Waals surface area contributed by atoms with Crippen LogP contribution in [0.1, 0.15) is 12.5 Å². The predicted octanol–water partition coefficient (Wildman–Crippen LogP) is 3.18. The number of thioether (sulfide) groups is 1. The first-order valence-electron chi connectivity index (χ1n) is 7.41. The van der Waals surface area contributed by atoms with Crippen LogP contribution in [0.15, 0.2) is 35.6 Å². The van der Waals surface area contributed by atoms with E-state index in [4.69, 9.17) is 0 Å². The zero-order valence-electron chi connectivity index (χ0n) is 13.8. The third-order valence-corrected chi connectivity index (χ3v) is 4.24. The Hall–Kier alpha value is -3.38. The number of rotatable bonds is 3. The van der Waals surface area contributed by atoms with Gasteiger partial charge in [-0.1, -0.05) is 0 Å². The van der Waals surface area contributed by atoms with Crippen LogP contribution in [0.4, 0.5) is 10.6 Å². The zero-order valence-corrected chi connectivity index (χ0v) is 14.7. The van der Waals surface area contributed by atoms with Gasteiger partial charge in [0.1, 0.15) is 5.82 Å². The van der Waals surface area contributed by atoms with Crippen LogP contribution >= 0.6 is 11.8 Å². The summed E-state index contributed by atoms with van der Waals surface area (Å²) in [5.74, 6) is 0.0151. The molecule has 2 N–H and O–H groups in total. The first-order chi connectivity index (χ1) is 12.4. The molecule has 26 heavy (non-hydrogen) atoms. The number of carbonyl (C=O) groups is 2. The van der Waals surface area contributed by atoms with Crippen molar-refractivity contribution in [3.05, 3.63) is 36.2 Å². The van der Waals surface area contributed by atoms with E-state index in [2.05, 4.69) is 21.4 Å². The van der Waals surface area contributed by atoms with Gasteiger partial charge < -0.3 is 10.4 Å². The summed E-state index contributed by atoms with van der Waals surface area (Å²) in [6, 6.07) is 6.93. The molecule has 3 heterocycles. The summed E-state index contributed by atoms with van der Waals surface area (Å²) in [6.07, 6.45) is 3.48. The van der Waals surface area contributed by atoms with Gasteiger partial charge >= 0.3 is 6.09 Å². The van der Waals surface area contributed by atoms with Crippen LogP contribution in [0.3, 0.4) is 0 Å². The van der Waals surface area contributed by atoms with Gasteiger partial charge in [-0.05, 0) is 24.5 Å². The zero-order chi connectivity index (χ0) is 18.8. The van der Waals surface area contributed by atoms with Gasteiger partial charge in [0, 0.05) is 24.1 Å². The maximum Gasteiger partial charge on any atom is 0.416 e. The lowest BCUT2D eigenvalue weighted by Gasteiger charge is -2.05. The standard InChI is InChI=1S/C17H13N5O3S/c1-9(23)20-15-5-11-12(8-22(17(24)25)14(11)7-19-15)13-3-10(6-18)4-16(21-13)26-2/h3-5,7-8H,1-2H3,(H,24,25)(H,19,20,23). The minimum atomic E-state index is -1.17. The van der Waals surface area contributed by atoms with Crippen LogP contribution in [0.5, 0.6) is 0 Å². The summed E-state index contributed by atoms with van der Waals surface area (Å²) < 4.78 is 1.04. The van der Waals surface area contributed by atoms with Crippen molar-refractivity contribution in [1.82, 2.24) is 14.5 Å². The highest BCUT2D eigenvalue weighted by molar-refractivity contribution is 7.98. The number of nitrogens with zero attached hydrogens (tertiary/aromatic N) is 4. The number of fused-ring (bicyclic) bond motifs is 1. The molecule has 0 bridgehead atoms. The van der Waals surface area contributed by atoms with E-state index in [1.165, 1.54) is 31.1 Å². The second-order valence-electron chi connectivity index (χ2n) is 5.36. The van der Waals surface area contributed by atoms with E-state index < -0.39 is 6.09 Å². The molecule has 0 aliphatic carbocycles. The summed E-state index contributed by atoms with van der Waals surface area (Å²) in [6.45, 7) is 1.36. The molecule has 0 spiro atoms. The van der Waals surface area contributed by atoms with Gasteiger partial charge in [-0.2, -0.15) is 5.26 Å². The van der Waals surface area contributed by atoms with Crippen molar-refractivity contribution in [3.63, 3.8) is 0 Å². The Labute approximate surface area is 152 Å². The summed E-state index contributed by atoms with van der Waals surface area (Å²) in [4.78, 5) is 31.4. The molecule has 3 aromatic rings. The monoisotopic (exact) mass is 367 g/mol. The molecule has 9 heteroatoms. The summed E-state index contributed by atoms with van der Waals surface area (Å²) in [7, 11) is 0. The molecule has 0 fully saturated rings. The number of hydrogen-bond donors (Lipinski definition) is 2. The second-order valence-corrected chi connectivity index (χ2v) is 6.18. The fourth-order valence-electron chi connectivity index (χ4n) is 2.55. The largest absolute Gasteiger partial charge is 0.464 e. The highest BCUT2D eigenvalue weighted by Crippen LogP contribution is 2.32. The van der Waals surface area contributed by atoms with Crippen LogP contribution in [0, 0.1) is 11.3 Å². The Morgan fingerprint density at radius 2 is 2.12 bits per heavy atom. The Morgan fingerprint density at radius 1 is 1.35 bits per heavy atom. The van der Waals surface area contributed by atoms with Crippen LogP contribution in [0.25, 0.3) is 22.2 Å². The van der Waals surface area contributed by atoms with E-state index in [-0.39, 0.29) is 5.91 Å². The van der Waals surface area contributed by atoms with E-state index in [0.29, 0.717) is 38.6 Å². The van der Waals surface area contributed by atoms with E-state index in [9.17, 15) is 20.0 Å². The number of hydrogen-bond acceptors (Lipinski definition) is 6. The maximum atomic E-state index is 11.6. The van der Waals surface area contributed by atoms with Crippen LogP contribution in [0.2, 0.25) is 0 Å². The number of amides is 1. The van der Waals surface area contributed by atoms with Crippen molar-refractivity contribution >= 4 is 40.5 Å². The highest BCUT2D eigenvalue weighted by atomic mass is 32.2. The average Bonchev–Trinajstić information content (AvgIpc) is 2.99. The lowest BCUT2D eigenvalue weighted by Crippen LogP contribution is -2.08. The summed E-state index contributed by atoms with van der Waals surface area (Å²) in [5, 5.41) is 22.5. The molecular formula is C17H13N5O3S. The molecule has 1 amide bonds. The third-order valence-electron chi connectivity index (χ3n) is 3.62. The van der Waals surface area contributed by atoms with Crippen LogP contribution < -0.4 is 5.32 Å². The summed E-state index contributed by atoms with van der Waals surface area (Å²) in [5.41, 5.74) is 1.78. The molecule has 0 radical (unpaired) electrons. The molecule has 0 saturated carbocycles. The Morgan fingerprint density at radius 3 is 2.73 bits per heavy atom. The van der Waals surface area contributed by atoms with Crippen LogP contribution in [-0.4, -0.2) is 37.9 Å². The lowest BCUT2D eigenvalue weighted by atomic mass is 10.1. The number of aromatic nitrogens is 3. The first-order valence-corrected chi connectivity index (χ1v) is 8.64. The van der Waals surface area contributed by atoms with E-state index in [0.717, 1.165) is 4.57 Å². The number of anilines is 1. The fraction of sp³-hybridized carbons (Fsp3) is 0.118. The van der Waals surface area contributed by atoms with Crippen molar-refractivity contribution in [3.8, 4) is 17.3 Å². The Kier molecular flexibility index (Phi) is 4.60. The Bertz CT molecular complexity index is 1080. The predicted molar refractivity (Wildman–Crippen MR) is 97.2 cm³/mol. The summed E-state index contributed by atoms with van der Waals surface area (Å²) >= 11 is 1.38. The van der Waals surface area contributed by atoms with Crippen molar-refractivity contribution in [1.29, 1.82) is 5.26 Å². The molecule has 0 aromatic carbocycles. The van der Waals surface area contributed by atoms with Gasteiger partial charge in [-0.15, -0.1) is 11.8 Å². The molecule has 0 atom stereocenters. The number of carbonyl (C=O) groups excluding carboxylic acids is 1. The van der Waals surface area contributed by atoms with Crippen molar-refractivity contribution in [2.45, 2.75) is 11.9 Å². The molecule has 3 aromatic heterocycles. The Balaban J connectivity index is 2.29. The molecule has 130 valence electrons. The van der Waals surface area contributed by atoms with Crippen molar-refractivity contribution in [2.75, 3.05) is 11.6 Å². The minimum absolute atomic E-state index is 0.287. The van der Waals surface area contributed by atoms with Crippen LogP contribution in [-0.2, 0) is 4.79 Å². The van der Waals surface area contributed by atoms with E-state index in [1.807, 2.05) is 6.26 Å². The molecule has 0 aliphatic heterocycles. The number of nitrogens with one attached hydrogen (secondary N) is 1. The number of carboxylic acid groups (broad SMARTS) is 1. The molecule has 0 aliphatic rings. The van der Waals surface area contributed by atoms with E-state index >= 15 is 0 Å². The highest BCUT2D eigenvalue weighted by Gasteiger charge is 2.17. The molecule has 3 rings (SSSR count). The average molecular weight is 367 g/mol. The van der Waals surface area contributed by atoms with Gasteiger partial charge in [0.15, 0.2) is 0 Å². The number of nitriles is 1. The van der Waals surface area contributed by atoms with Crippen molar-refractivity contribution < 1.29 is 14.7 Å². The van der Waals surface area contributed by atoms with E-state index in [1.54, 1.807) is 18.2 Å². The lowest BCUT2D eigenvalue weighted by molar-refractivity contribution is -0.114. The quantitative estimate of drug-likeness (QED) is 0.682. The van der Waals surface area contributed by atoms with Crippen molar-refractivity contribution in [2.24, 2.45) is 0 Å². The smallest absolute Gasteiger partial charge is 0.416 e. The molecule has 0 saturated heterocycles. The topological polar surface area (TPSA) is 121 Å². The SMILES string of the molecule is CSc1cc(C#N)cc(-c2cn(C(=O)O)c3cnc(NC(C)=O)cc23)n1. The minimum Gasteiger partial charge on any atom is -0.464 e. The van der Waals surface area contributed by atoms with Gasteiger partial charge in [0.2, 0.25) is 5.91 Å². The fourth-order valence-corrected chi connectivity index (χ4v) is 2.98. The van der Waals surface area contributed by atoms with Gasteiger partial charge in [-0.3, -0.25) is 9.36 Å². The molecule has 8 nitrogen and oxygen atoms in total. The second kappa shape index (κ2) is 6.85. The van der Waals surface area contributed by atoms with Gasteiger partial charge in [0.25, 0.3) is 0 Å². The maximum absolute atomic E-state index is 11.6. The number of pyridine rings is 2. The third kappa shape index (κ3) is 3.22. The normalized spacial score (nSPS) is 10.5. The van der Waals surface area contributed by atoms with Gasteiger partial charge in [0.05, 0.1) is 34.1 Å².